The molecule has 0 amide bonds. The minimum absolute atomic E-state index is 0.223. The lowest BCUT2D eigenvalue weighted by atomic mass is 10.1. The van der Waals surface area contributed by atoms with Crippen molar-refractivity contribution in [3.8, 4) is 0 Å². The summed E-state index contributed by atoms with van der Waals surface area (Å²) >= 11 is 1.74. The van der Waals surface area contributed by atoms with Gasteiger partial charge in [0.25, 0.3) is 0 Å². The Labute approximate surface area is 107 Å². The normalized spacial score (nSPS) is 19.5. The molecule has 1 saturated heterocycles. The molecule has 3 heteroatoms. The Morgan fingerprint density at radius 1 is 1.47 bits per heavy atom. The number of thioether (sulfide) groups is 1. The summed E-state index contributed by atoms with van der Waals surface area (Å²) < 4.78 is 5.60. The topological polar surface area (TPSA) is 26.3 Å². The number of Topliss-reactive ketones (excluding diaryl/α,β-unsaturated/α-hetero) is 1. The van der Waals surface area contributed by atoms with Crippen LogP contribution in [-0.4, -0.2) is 24.2 Å². The van der Waals surface area contributed by atoms with Crippen molar-refractivity contribution < 1.29 is 9.53 Å². The molecule has 2 rings (SSSR count). The summed E-state index contributed by atoms with van der Waals surface area (Å²) in [5.41, 5.74) is 0.859. The van der Waals surface area contributed by atoms with Gasteiger partial charge in [-0.15, -0.1) is 11.8 Å². The molecule has 0 aromatic heterocycles. The average Bonchev–Trinajstić information content (AvgIpc) is 2.89. The van der Waals surface area contributed by atoms with Crippen LogP contribution in [0.5, 0.6) is 0 Å². The molecule has 1 aliphatic heterocycles. The number of hydrogen-bond donors (Lipinski definition) is 0. The molecule has 0 radical (unpaired) electrons. The van der Waals surface area contributed by atoms with E-state index in [4.69, 9.17) is 4.74 Å². The first kappa shape index (κ1) is 12.7. The van der Waals surface area contributed by atoms with Gasteiger partial charge in [0, 0.05) is 29.2 Å². The summed E-state index contributed by atoms with van der Waals surface area (Å²) in [7, 11) is 0. The second-order valence-corrected chi connectivity index (χ2v) is 5.28. The van der Waals surface area contributed by atoms with Crippen LogP contribution in [0.1, 0.15) is 36.5 Å². The molecule has 1 atom stereocenters. The first-order valence-electron chi connectivity index (χ1n) is 6.18. The van der Waals surface area contributed by atoms with E-state index in [0.717, 1.165) is 29.2 Å². The largest absolute Gasteiger partial charge is 0.377 e. The van der Waals surface area contributed by atoms with Gasteiger partial charge in [0.05, 0.1) is 6.10 Å². The van der Waals surface area contributed by atoms with Gasteiger partial charge in [0.15, 0.2) is 5.78 Å². The maximum absolute atomic E-state index is 11.8. The quantitative estimate of drug-likeness (QED) is 0.590. The van der Waals surface area contributed by atoms with Crippen molar-refractivity contribution in [2.45, 2.75) is 37.2 Å². The van der Waals surface area contributed by atoms with Crippen LogP contribution in [0.4, 0.5) is 0 Å². The highest BCUT2D eigenvalue weighted by atomic mass is 32.2. The molecule has 1 heterocycles. The lowest BCUT2D eigenvalue weighted by Gasteiger charge is -2.11. The van der Waals surface area contributed by atoms with E-state index in [-0.39, 0.29) is 5.78 Å². The van der Waals surface area contributed by atoms with Gasteiger partial charge in [-0.2, -0.15) is 0 Å². The Kier molecular flexibility index (Phi) is 4.63. The van der Waals surface area contributed by atoms with E-state index >= 15 is 0 Å². The van der Waals surface area contributed by atoms with E-state index < -0.39 is 0 Å². The Morgan fingerprint density at radius 3 is 3.00 bits per heavy atom. The molecule has 1 aliphatic rings. The Hall–Kier alpha value is -0.800. The van der Waals surface area contributed by atoms with Crippen LogP contribution in [0.25, 0.3) is 0 Å². The van der Waals surface area contributed by atoms with Crippen molar-refractivity contribution >= 4 is 17.5 Å². The number of hydrogen-bond acceptors (Lipinski definition) is 3. The van der Waals surface area contributed by atoms with Crippen LogP contribution in [0, 0.1) is 0 Å². The van der Waals surface area contributed by atoms with E-state index in [2.05, 4.69) is 0 Å². The highest BCUT2D eigenvalue weighted by Gasteiger charge is 2.17. The summed E-state index contributed by atoms with van der Waals surface area (Å²) in [6, 6.07) is 7.87. The Morgan fingerprint density at radius 2 is 2.29 bits per heavy atom. The molecule has 0 bridgehead atoms. The van der Waals surface area contributed by atoms with Crippen LogP contribution in [-0.2, 0) is 4.74 Å². The molecule has 1 aromatic rings. The Balaban J connectivity index is 2.01. The molecule has 17 heavy (non-hydrogen) atoms. The standard InChI is InChI=1S/C14H18O2S/c1-2-13(15)12-7-3-4-8-14(12)17-10-11-6-5-9-16-11/h3-4,7-8,11H,2,5-6,9-10H2,1H3. The number of carbonyl (C=O) groups excluding carboxylic acids is 1. The van der Waals surface area contributed by atoms with E-state index in [1.54, 1.807) is 11.8 Å². The number of ether oxygens (including phenoxy) is 1. The van der Waals surface area contributed by atoms with Crippen molar-refractivity contribution in [3.05, 3.63) is 29.8 Å². The summed E-state index contributed by atoms with van der Waals surface area (Å²) in [6.45, 7) is 2.80. The average molecular weight is 250 g/mol. The van der Waals surface area contributed by atoms with Crippen molar-refractivity contribution in [2.24, 2.45) is 0 Å². The van der Waals surface area contributed by atoms with E-state index in [0.29, 0.717) is 12.5 Å². The SMILES string of the molecule is CCC(=O)c1ccccc1SCC1CCCO1. The number of rotatable bonds is 5. The number of benzene rings is 1. The molecule has 1 fully saturated rings. The fourth-order valence-corrected chi connectivity index (χ4v) is 3.11. The molecule has 0 saturated carbocycles. The monoisotopic (exact) mass is 250 g/mol. The van der Waals surface area contributed by atoms with Crippen LogP contribution in [0.15, 0.2) is 29.2 Å². The number of ketones is 1. The van der Waals surface area contributed by atoms with Gasteiger partial charge in [-0.05, 0) is 18.9 Å². The van der Waals surface area contributed by atoms with Gasteiger partial charge in [0.2, 0.25) is 0 Å². The first-order chi connectivity index (χ1) is 8.31. The molecular formula is C14H18O2S. The van der Waals surface area contributed by atoms with Gasteiger partial charge in [-0.25, -0.2) is 0 Å². The summed E-state index contributed by atoms with van der Waals surface area (Å²) in [5.74, 6) is 1.18. The van der Waals surface area contributed by atoms with Gasteiger partial charge in [-0.3, -0.25) is 4.79 Å². The van der Waals surface area contributed by atoms with Gasteiger partial charge in [-0.1, -0.05) is 25.1 Å². The lowest BCUT2D eigenvalue weighted by Crippen LogP contribution is -2.08. The third kappa shape index (κ3) is 3.33. The minimum atomic E-state index is 0.223. The fraction of sp³-hybridized carbons (Fsp3) is 0.500. The van der Waals surface area contributed by atoms with Crippen molar-refractivity contribution in [3.63, 3.8) is 0 Å². The molecule has 1 unspecified atom stereocenters. The smallest absolute Gasteiger partial charge is 0.163 e. The van der Waals surface area contributed by atoms with Crippen molar-refractivity contribution in [1.82, 2.24) is 0 Å². The van der Waals surface area contributed by atoms with Gasteiger partial charge in [0.1, 0.15) is 0 Å². The van der Waals surface area contributed by atoms with E-state index in [9.17, 15) is 4.79 Å². The molecule has 92 valence electrons. The summed E-state index contributed by atoms with van der Waals surface area (Å²) in [6.07, 6.45) is 3.25. The zero-order valence-electron chi connectivity index (χ0n) is 10.1. The second kappa shape index (κ2) is 6.22. The fourth-order valence-electron chi connectivity index (χ4n) is 1.97. The first-order valence-corrected chi connectivity index (χ1v) is 7.16. The molecular weight excluding hydrogens is 232 g/mol. The zero-order chi connectivity index (χ0) is 12.1. The minimum Gasteiger partial charge on any atom is -0.377 e. The molecule has 0 N–H and O–H groups in total. The van der Waals surface area contributed by atoms with Crippen LogP contribution >= 0.6 is 11.8 Å². The van der Waals surface area contributed by atoms with E-state index in [1.165, 1.54) is 6.42 Å². The summed E-state index contributed by atoms with van der Waals surface area (Å²) in [5, 5.41) is 0. The molecule has 0 aliphatic carbocycles. The maximum Gasteiger partial charge on any atom is 0.163 e. The van der Waals surface area contributed by atoms with Crippen LogP contribution < -0.4 is 0 Å². The van der Waals surface area contributed by atoms with Crippen molar-refractivity contribution in [2.75, 3.05) is 12.4 Å². The third-order valence-electron chi connectivity index (χ3n) is 2.96. The second-order valence-electron chi connectivity index (χ2n) is 4.22. The lowest BCUT2D eigenvalue weighted by molar-refractivity contribution is 0.0985. The highest BCUT2D eigenvalue weighted by Crippen LogP contribution is 2.27. The predicted molar refractivity (Wildman–Crippen MR) is 70.8 cm³/mol. The van der Waals surface area contributed by atoms with Crippen LogP contribution in [0.2, 0.25) is 0 Å². The van der Waals surface area contributed by atoms with Gasteiger partial charge < -0.3 is 4.74 Å². The van der Waals surface area contributed by atoms with Crippen molar-refractivity contribution in [1.29, 1.82) is 0 Å². The third-order valence-corrected chi connectivity index (χ3v) is 4.16. The maximum atomic E-state index is 11.8. The summed E-state index contributed by atoms with van der Waals surface area (Å²) in [4.78, 5) is 12.9. The molecule has 2 nitrogen and oxygen atoms in total. The highest BCUT2D eigenvalue weighted by molar-refractivity contribution is 7.99. The molecule has 0 spiro atoms. The van der Waals surface area contributed by atoms with Crippen LogP contribution in [0.3, 0.4) is 0 Å². The predicted octanol–water partition coefficient (Wildman–Crippen LogP) is 3.55. The van der Waals surface area contributed by atoms with E-state index in [1.807, 2.05) is 31.2 Å². The zero-order valence-corrected chi connectivity index (χ0v) is 11.0. The van der Waals surface area contributed by atoms with Gasteiger partial charge >= 0.3 is 0 Å². The number of carbonyl (C=O) groups is 1. The Bertz CT molecular complexity index is 384. The molecule has 1 aromatic carbocycles.